The minimum Gasteiger partial charge on any atom is -0.290 e. The van der Waals surface area contributed by atoms with Gasteiger partial charge in [0.1, 0.15) is 4.83 Å². The molecular formula is C13H16N2OS2. The Labute approximate surface area is 115 Å². The second-order valence-electron chi connectivity index (χ2n) is 4.47. The normalized spacial score (nSPS) is 11.1. The number of fused-ring (bicyclic) bond motifs is 1. The summed E-state index contributed by atoms with van der Waals surface area (Å²) in [6.45, 7) is 9.86. The molecule has 5 heteroatoms. The number of aromatic nitrogens is 2. The van der Waals surface area contributed by atoms with Crippen molar-refractivity contribution in [3.63, 3.8) is 0 Å². The van der Waals surface area contributed by atoms with Crippen LogP contribution in [-0.4, -0.2) is 15.3 Å². The van der Waals surface area contributed by atoms with Crippen LogP contribution in [0.3, 0.4) is 0 Å². The number of thiophene rings is 1. The summed E-state index contributed by atoms with van der Waals surface area (Å²) in [5, 5.41) is 1.52. The average molecular weight is 280 g/mol. The quantitative estimate of drug-likeness (QED) is 0.491. The van der Waals surface area contributed by atoms with Gasteiger partial charge in [-0.05, 0) is 26.3 Å². The summed E-state index contributed by atoms with van der Waals surface area (Å²) in [6.07, 6.45) is 0. The first-order chi connectivity index (χ1) is 8.41. The molecule has 0 fully saturated rings. The predicted molar refractivity (Wildman–Crippen MR) is 79.9 cm³/mol. The van der Waals surface area contributed by atoms with Crippen molar-refractivity contribution in [3.05, 3.63) is 32.9 Å². The van der Waals surface area contributed by atoms with Crippen LogP contribution in [0.25, 0.3) is 10.2 Å². The highest BCUT2D eigenvalue weighted by molar-refractivity contribution is 7.99. The topological polar surface area (TPSA) is 34.9 Å². The van der Waals surface area contributed by atoms with Crippen molar-refractivity contribution < 1.29 is 0 Å². The van der Waals surface area contributed by atoms with E-state index in [0.717, 1.165) is 37.1 Å². The van der Waals surface area contributed by atoms with Crippen LogP contribution in [0.15, 0.2) is 22.1 Å². The van der Waals surface area contributed by atoms with Crippen molar-refractivity contribution in [1.29, 1.82) is 0 Å². The van der Waals surface area contributed by atoms with Crippen LogP contribution in [-0.2, 0) is 7.05 Å². The summed E-state index contributed by atoms with van der Waals surface area (Å²) >= 11 is 3.15. The molecule has 96 valence electrons. The summed E-state index contributed by atoms with van der Waals surface area (Å²) in [7, 11) is 1.78. The minimum absolute atomic E-state index is 0.0473. The fourth-order valence-corrected chi connectivity index (χ4v) is 3.56. The molecule has 18 heavy (non-hydrogen) atoms. The van der Waals surface area contributed by atoms with E-state index in [1.165, 1.54) is 0 Å². The monoisotopic (exact) mass is 280 g/mol. The second kappa shape index (κ2) is 4.90. The molecule has 0 aliphatic heterocycles. The largest absolute Gasteiger partial charge is 0.290 e. The van der Waals surface area contributed by atoms with Crippen LogP contribution in [0.5, 0.6) is 0 Å². The highest BCUT2D eigenvalue weighted by Gasteiger charge is 2.14. The number of thioether (sulfide) groups is 1. The van der Waals surface area contributed by atoms with Gasteiger partial charge in [0.15, 0.2) is 5.16 Å². The molecule has 0 amide bonds. The van der Waals surface area contributed by atoms with Crippen LogP contribution >= 0.6 is 23.1 Å². The Balaban J connectivity index is 2.61. The van der Waals surface area contributed by atoms with Crippen molar-refractivity contribution >= 4 is 33.3 Å². The first-order valence-corrected chi connectivity index (χ1v) is 7.46. The molecule has 0 radical (unpaired) electrons. The van der Waals surface area contributed by atoms with E-state index in [0.29, 0.717) is 0 Å². The maximum Gasteiger partial charge on any atom is 0.262 e. The van der Waals surface area contributed by atoms with Crippen molar-refractivity contribution in [2.24, 2.45) is 7.05 Å². The molecule has 2 aromatic rings. The van der Waals surface area contributed by atoms with Crippen LogP contribution in [0.1, 0.15) is 17.4 Å². The summed E-state index contributed by atoms with van der Waals surface area (Å²) < 4.78 is 1.63. The lowest BCUT2D eigenvalue weighted by Crippen LogP contribution is -2.19. The molecule has 2 rings (SSSR count). The smallest absolute Gasteiger partial charge is 0.262 e. The van der Waals surface area contributed by atoms with Crippen molar-refractivity contribution in [2.75, 3.05) is 5.75 Å². The first kappa shape index (κ1) is 13.4. The third-order valence-electron chi connectivity index (χ3n) is 2.82. The van der Waals surface area contributed by atoms with Gasteiger partial charge in [0.2, 0.25) is 0 Å². The van der Waals surface area contributed by atoms with Gasteiger partial charge in [-0.25, -0.2) is 4.98 Å². The highest BCUT2D eigenvalue weighted by Crippen LogP contribution is 2.28. The molecule has 0 unspecified atom stereocenters. The Morgan fingerprint density at radius 3 is 2.78 bits per heavy atom. The van der Waals surface area contributed by atoms with Crippen LogP contribution in [0, 0.1) is 13.8 Å². The molecule has 0 atom stereocenters. The summed E-state index contributed by atoms with van der Waals surface area (Å²) in [6, 6.07) is 0. The van der Waals surface area contributed by atoms with Gasteiger partial charge >= 0.3 is 0 Å². The Kier molecular flexibility index (Phi) is 3.64. The molecule has 0 spiro atoms. The second-order valence-corrected chi connectivity index (χ2v) is 6.61. The van der Waals surface area contributed by atoms with Gasteiger partial charge in [-0.1, -0.05) is 23.9 Å². The summed E-state index contributed by atoms with van der Waals surface area (Å²) in [4.78, 5) is 18.9. The van der Waals surface area contributed by atoms with Crippen LogP contribution in [0.2, 0.25) is 0 Å². The Bertz CT molecular complexity index is 682. The molecule has 0 saturated heterocycles. The number of hydrogen-bond acceptors (Lipinski definition) is 4. The van der Waals surface area contributed by atoms with Gasteiger partial charge in [-0.2, -0.15) is 0 Å². The number of nitrogens with zero attached hydrogens (tertiary/aromatic N) is 2. The Hall–Kier alpha value is -1.07. The minimum atomic E-state index is 0.0473. The fourth-order valence-electron chi connectivity index (χ4n) is 1.67. The van der Waals surface area contributed by atoms with Crippen molar-refractivity contribution in [3.8, 4) is 0 Å². The summed E-state index contributed by atoms with van der Waals surface area (Å²) in [5.41, 5.74) is 2.18. The van der Waals surface area contributed by atoms with Gasteiger partial charge in [-0.15, -0.1) is 11.3 Å². The SMILES string of the molecule is C=C(C)CSc1nc2sc(C)c(C)c2c(=O)n1C. The average Bonchev–Trinajstić information content (AvgIpc) is 2.58. The zero-order chi connectivity index (χ0) is 13.4. The first-order valence-electron chi connectivity index (χ1n) is 5.65. The third-order valence-corrected chi connectivity index (χ3v) is 5.18. The van der Waals surface area contributed by atoms with E-state index in [1.54, 1.807) is 34.7 Å². The fraction of sp³-hybridized carbons (Fsp3) is 0.385. The van der Waals surface area contributed by atoms with Gasteiger partial charge in [0.05, 0.1) is 5.39 Å². The van der Waals surface area contributed by atoms with Crippen molar-refractivity contribution in [2.45, 2.75) is 25.9 Å². The van der Waals surface area contributed by atoms with Crippen LogP contribution < -0.4 is 5.56 Å². The van der Waals surface area contributed by atoms with E-state index in [4.69, 9.17) is 0 Å². The maximum atomic E-state index is 12.3. The maximum absolute atomic E-state index is 12.3. The predicted octanol–water partition coefficient (Wildman–Crippen LogP) is 3.28. The van der Waals surface area contributed by atoms with E-state index >= 15 is 0 Å². The molecule has 3 nitrogen and oxygen atoms in total. The van der Waals surface area contributed by atoms with E-state index in [9.17, 15) is 4.79 Å². The molecule has 0 bridgehead atoms. The molecular weight excluding hydrogens is 264 g/mol. The van der Waals surface area contributed by atoms with Gasteiger partial charge in [-0.3, -0.25) is 9.36 Å². The van der Waals surface area contributed by atoms with Gasteiger partial charge in [0, 0.05) is 17.7 Å². The zero-order valence-electron chi connectivity index (χ0n) is 11.0. The molecule has 0 N–H and O–H groups in total. The molecule has 2 aromatic heterocycles. The lowest BCUT2D eigenvalue weighted by atomic mass is 10.2. The van der Waals surface area contributed by atoms with Crippen LogP contribution in [0.4, 0.5) is 0 Å². The van der Waals surface area contributed by atoms with E-state index in [-0.39, 0.29) is 5.56 Å². The van der Waals surface area contributed by atoms with Gasteiger partial charge < -0.3 is 0 Å². The molecule has 0 aliphatic carbocycles. The molecule has 0 aromatic carbocycles. The number of aryl methyl sites for hydroxylation is 2. The van der Waals surface area contributed by atoms with Gasteiger partial charge in [0.25, 0.3) is 5.56 Å². The summed E-state index contributed by atoms with van der Waals surface area (Å²) in [5.74, 6) is 0.787. The highest BCUT2D eigenvalue weighted by atomic mass is 32.2. The Morgan fingerprint density at radius 1 is 1.50 bits per heavy atom. The lowest BCUT2D eigenvalue weighted by Gasteiger charge is -2.06. The number of rotatable bonds is 3. The standard InChI is InChI=1S/C13H16N2OS2/c1-7(2)6-17-13-14-11-10(12(16)15(13)5)8(3)9(4)18-11/h1,6H2,2-5H3. The third kappa shape index (κ3) is 2.24. The van der Waals surface area contributed by atoms with E-state index < -0.39 is 0 Å². The molecule has 0 saturated carbocycles. The van der Waals surface area contributed by atoms with Crippen molar-refractivity contribution in [1.82, 2.24) is 9.55 Å². The van der Waals surface area contributed by atoms with E-state index in [2.05, 4.69) is 11.6 Å². The lowest BCUT2D eigenvalue weighted by molar-refractivity contribution is 0.728. The molecule has 0 aliphatic rings. The molecule has 2 heterocycles. The number of hydrogen-bond donors (Lipinski definition) is 0. The Morgan fingerprint density at radius 2 is 2.17 bits per heavy atom. The van der Waals surface area contributed by atoms with E-state index in [1.807, 2.05) is 20.8 Å². The zero-order valence-corrected chi connectivity index (χ0v) is 12.7.